The minimum atomic E-state index is -4.25. The minimum Gasteiger partial charge on any atom is -0.456 e. The number of carbonyl (C=O) groups excluding carboxylic acids is 2. The molecule has 2 aliphatic rings. The normalized spacial score (nSPS) is 21.1. The summed E-state index contributed by atoms with van der Waals surface area (Å²) in [7, 11) is -4.25. The molecule has 3 unspecified atom stereocenters. The lowest BCUT2D eigenvalue weighted by molar-refractivity contribution is -0.162. The number of aryl methyl sites for hydroxylation is 1. The second kappa shape index (κ2) is 8.40. The Bertz CT molecular complexity index is 1190. The number of amides is 1. The summed E-state index contributed by atoms with van der Waals surface area (Å²) in [6.07, 6.45) is -0.958. The highest BCUT2D eigenvalue weighted by molar-refractivity contribution is 7.87. The highest BCUT2D eigenvalue weighted by Crippen LogP contribution is 2.45. The SMILES string of the molecule is Cc1ccccc1S(=O)(=O)OC1=C(C(=O)OCc2ccccc2)N2C(=O)C(C(C)O)C2C1. The first kappa shape index (κ1) is 22.0. The smallest absolute Gasteiger partial charge is 0.358 e. The van der Waals surface area contributed by atoms with Gasteiger partial charge in [-0.3, -0.25) is 9.69 Å². The number of carbonyl (C=O) groups is 2. The fourth-order valence-corrected chi connectivity index (χ4v) is 5.31. The van der Waals surface area contributed by atoms with Crippen LogP contribution >= 0.6 is 0 Å². The Morgan fingerprint density at radius 2 is 1.81 bits per heavy atom. The van der Waals surface area contributed by atoms with Crippen molar-refractivity contribution >= 4 is 22.0 Å². The molecule has 32 heavy (non-hydrogen) atoms. The molecule has 2 heterocycles. The second-order valence-corrected chi connectivity index (χ2v) is 9.40. The van der Waals surface area contributed by atoms with E-state index in [-0.39, 0.29) is 29.4 Å². The average Bonchev–Trinajstić information content (AvgIpc) is 3.06. The van der Waals surface area contributed by atoms with Crippen LogP contribution in [0.4, 0.5) is 0 Å². The van der Waals surface area contributed by atoms with E-state index in [0.717, 1.165) is 5.56 Å². The Balaban J connectivity index is 1.64. The van der Waals surface area contributed by atoms with Crippen molar-refractivity contribution in [3.05, 3.63) is 77.2 Å². The number of rotatable bonds is 7. The Labute approximate surface area is 186 Å². The molecule has 168 valence electrons. The monoisotopic (exact) mass is 457 g/mol. The number of hydrogen-bond acceptors (Lipinski definition) is 7. The van der Waals surface area contributed by atoms with Crippen LogP contribution < -0.4 is 0 Å². The van der Waals surface area contributed by atoms with E-state index in [1.165, 1.54) is 17.9 Å². The molecule has 1 amide bonds. The number of esters is 1. The average molecular weight is 458 g/mol. The Morgan fingerprint density at radius 1 is 1.16 bits per heavy atom. The predicted octanol–water partition coefficient (Wildman–Crippen LogP) is 2.27. The van der Waals surface area contributed by atoms with Crippen LogP contribution in [-0.4, -0.2) is 42.4 Å². The molecule has 0 aromatic heterocycles. The van der Waals surface area contributed by atoms with Gasteiger partial charge in [0, 0.05) is 6.42 Å². The third-order valence-corrected chi connectivity index (χ3v) is 7.08. The van der Waals surface area contributed by atoms with Crippen molar-refractivity contribution in [3.63, 3.8) is 0 Å². The van der Waals surface area contributed by atoms with Crippen molar-refractivity contribution in [2.24, 2.45) is 5.92 Å². The molecule has 1 fully saturated rings. The van der Waals surface area contributed by atoms with Crippen LogP contribution in [0.25, 0.3) is 0 Å². The van der Waals surface area contributed by atoms with Gasteiger partial charge < -0.3 is 14.0 Å². The molecule has 0 bridgehead atoms. The molecular weight excluding hydrogens is 434 g/mol. The molecule has 2 aromatic rings. The molecule has 4 rings (SSSR count). The summed E-state index contributed by atoms with van der Waals surface area (Å²) in [5.74, 6) is -2.23. The minimum absolute atomic E-state index is 0.0117. The maximum atomic E-state index is 12.9. The van der Waals surface area contributed by atoms with Crippen molar-refractivity contribution < 1.29 is 32.0 Å². The standard InChI is InChI=1S/C23H23NO7S/c1-14-8-6-7-11-19(14)32(28,29)31-18-12-17-20(15(2)25)22(26)24(17)21(18)23(27)30-13-16-9-4-3-5-10-16/h3-11,15,17,20,25H,12-13H2,1-2H3. The van der Waals surface area contributed by atoms with Gasteiger partial charge in [-0.05, 0) is 31.0 Å². The molecule has 0 spiro atoms. The largest absolute Gasteiger partial charge is 0.456 e. The molecule has 2 aliphatic heterocycles. The van der Waals surface area contributed by atoms with E-state index < -0.39 is 40.1 Å². The van der Waals surface area contributed by atoms with Crippen LogP contribution in [0.2, 0.25) is 0 Å². The maximum absolute atomic E-state index is 12.9. The van der Waals surface area contributed by atoms with Crippen LogP contribution in [0.1, 0.15) is 24.5 Å². The zero-order valence-corrected chi connectivity index (χ0v) is 18.4. The molecular formula is C23H23NO7S. The van der Waals surface area contributed by atoms with E-state index in [2.05, 4.69) is 0 Å². The van der Waals surface area contributed by atoms with Crippen molar-refractivity contribution in [1.82, 2.24) is 4.90 Å². The molecule has 9 heteroatoms. The highest BCUT2D eigenvalue weighted by Gasteiger charge is 2.58. The first-order valence-electron chi connectivity index (χ1n) is 10.2. The number of aliphatic hydroxyl groups is 1. The Hall–Kier alpha value is -3.17. The molecule has 0 aliphatic carbocycles. The summed E-state index contributed by atoms with van der Waals surface area (Å²) in [6, 6.07) is 14.7. The van der Waals surface area contributed by atoms with Crippen LogP contribution in [0.15, 0.2) is 70.9 Å². The molecule has 1 saturated heterocycles. The fourth-order valence-electron chi connectivity index (χ4n) is 4.10. The van der Waals surface area contributed by atoms with Crippen LogP contribution in [-0.2, 0) is 35.2 Å². The third kappa shape index (κ3) is 3.89. The van der Waals surface area contributed by atoms with Gasteiger partial charge in [0.25, 0.3) is 0 Å². The predicted molar refractivity (Wildman–Crippen MR) is 113 cm³/mol. The molecule has 0 radical (unpaired) electrons. The summed E-state index contributed by atoms with van der Waals surface area (Å²) in [4.78, 5) is 26.7. The number of benzene rings is 2. The fraction of sp³-hybridized carbons (Fsp3) is 0.304. The topological polar surface area (TPSA) is 110 Å². The first-order valence-corrected chi connectivity index (χ1v) is 11.6. The van der Waals surface area contributed by atoms with Gasteiger partial charge in [0.15, 0.2) is 11.5 Å². The van der Waals surface area contributed by atoms with Crippen LogP contribution in [0.5, 0.6) is 0 Å². The van der Waals surface area contributed by atoms with Gasteiger partial charge in [0.2, 0.25) is 5.91 Å². The van der Waals surface area contributed by atoms with Crippen molar-refractivity contribution in [1.29, 1.82) is 0 Å². The Kier molecular flexibility index (Phi) is 5.79. The van der Waals surface area contributed by atoms with Gasteiger partial charge in [-0.2, -0.15) is 8.42 Å². The lowest BCUT2D eigenvalue weighted by Crippen LogP contribution is -2.61. The second-order valence-electron chi connectivity index (χ2n) is 7.88. The van der Waals surface area contributed by atoms with E-state index in [9.17, 15) is 23.1 Å². The van der Waals surface area contributed by atoms with E-state index >= 15 is 0 Å². The number of aliphatic hydroxyl groups excluding tert-OH is 1. The summed E-state index contributed by atoms with van der Waals surface area (Å²) in [6.45, 7) is 3.07. The van der Waals surface area contributed by atoms with Crippen LogP contribution in [0.3, 0.4) is 0 Å². The van der Waals surface area contributed by atoms with E-state index in [4.69, 9.17) is 8.92 Å². The summed E-state index contributed by atoms with van der Waals surface area (Å²) in [5, 5.41) is 9.96. The number of β-lactam (4-membered cyclic amide) rings is 1. The summed E-state index contributed by atoms with van der Waals surface area (Å²) < 4.78 is 36.6. The number of fused-ring (bicyclic) bond motifs is 1. The molecule has 1 N–H and O–H groups in total. The number of nitrogens with zero attached hydrogens (tertiary/aromatic N) is 1. The van der Waals surface area contributed by atoms with Gasteiger partial charge in [-0.15, -0.1) is 0 Å². The van der Waals surface area contributed by atoms with Gasteiger partial charge in [0.1, 0.15) is 11.5 Å². The quantitative estimate of drug-likeness (QED) is 0.386. The molecule has 0 saturated carbocycles. The summed E-state index contributed by atoms with van der Waals surface area (Å²) >= 11 is 0. The third-order valence-electron chi connectivity index (χ3n) is 5.67. The first-order chi connectivity index (χ1) is 15.2. The van der Waals surface area contributed by atoms with E-state index in [0.29, 0.717) is 5.56 Å². The zero-order valence-electron chi connectivity index (χ0n) is 17.6. The van der Waals surface area contributed by atoms with Crippen molar-refractivity contribution in [2.45, 2.75) is 43.9 Å². The molecule has 8 nitrogen and oxygen atoms in total. The van der Waals surface area contributed by atoms with Gasteiger partial charge >= 0.3 is 16.1 Å². The van der Waals surface area contributed by atoms with Crippen molar-refractivity contribution in [3.8, 4) is 0 Å². The number of hydrogen-bond donors (Lipinski definition) is 1. The Morgan fingerprint density at radius 3 is 2.47 bits per heavy atom. The lowest BCUT2D eigenvalue weighted by Gasteiger charge is -2.44. The van der Waals surface area contributed by atoms with E-state index in [1.807, 2.05) is 6.07 Å². The highest BCUT2D eigenvalue weighted by atomic mass is 32.2. The van der Waals surface area contributed by atoms with Gasteiger partial charge in [-0.25, -0.2) is 4.79 Å². The van der Waals surface area contributed by atoms with E-state index in [1.54, 1.807) is 49.4 Å². The summed E-state index contributed by atoms with van der Waals surface area (Å²) in [5.41, 5.74) is 0.994. The molecule has 3 atom stereocenters. The molecule has 2 aromatic carbocycles. The maximum Gasteiger partial charge on any atom is 0.358 e. The van der Waals surface area contributed by atoms with Gasteiger partial charge in [0.05, 0.1) is 18.1 Å². The van der Waals surface area contributed by atoms with Crippen molar-refractivity contribution in [2.75, 3.05) is 0 Å². The van der Waals surface area contributed by atoms with Gasteiger partial charge in [-0.1, -0.05) is 48.5 Å². The zero-order chi connectivity index (χ0) is 23.0. The number of ether oxygens (including phenoxy) is 1. The van der Waals surface area contributed by atoms with Crippen LogP contribution in [0, 0.1) is 12.8 Å². The lowest BCUT2D eigenvalue weighted by atomic mass is 9.83.